The zero-order chi connectivity index (χ0) is 14.7. The van der Waals surface area contributed by atoms with E-state index in [9.17, 15) is 18.4 Å². The van der Waals surface area contributed by atoms with Gasteiger partial charge in [0.1, 0.15) is 11.6 Å². The van der Waals surface area contributed by atoms with E-state index in [1.54, 1.807) is 0 Å². The van der Waals surface area contributed by atoms with E-state index in [0.717, 1.165) is 25.0 Å². The number of carboxylic acid groups (broad SMARTS) is 1. The zero-order valence-corrected chi connectivity index (χ0v) is 10.7. The molecule has 1 aliphatic carbocycles. The molecule has 0 unspecified atom stereocenters. The molecule has 0 aromatic heterocycles. The Bertz CT molecular complexity index is 533. The van der Waals surface area contributed by atoms with Crippen LogP contribution >= 0.6 is 0 Å². The number of anilines is 1. The number of rotatable bonds is 3. The summed E-state index contributed by atoms with van der Waals surface area (Å²) in [6.07, 6.45) is 2.45. The molecule has 1 aliphatic rings. The van der Waals surface area contributed by atoms with Crippen molar-refractivity contribution in [3.05, 3.63) is 29.8 Å². The molecule has 2 rings (SSSR count). The monoisotopic (exact) mass is 283 g/mol. The predicted octanol–water partition coefficient (Wildman–Crippen LogP) is 2.79. The summed E-state index contributed by atoms with van der Waals surface area (Å²) in [6.45, 7) is 0. The van der Waals surface area contributed by atoms with Crippen molar-refractivity contribution in [2.75, 3.05) is 5.32 Å². The van der Waals surface area contributed by atoms with Crippen LogP contribution in [-0.4, -0.2) is 17.0 Å². The lowest BCUT2D eigenvalue weighted by molar-refractivity contribution is -0.147. The lowest BCUT2D eigenvalue weighted by Gasteiger charge is -2.27. The number of hydrogen-bond donors (Lipinski definition) is 2. The lowest BCUT2D eigenvalue weighted by atomic mass is 9.78. The van der Waals surface area contributed by atoms with Gasteiger partial charge in [0.15, 0.2) is 0 Å². The zero-order valence-electron chi connectivity index (χ0n) is 10.7. The Morgan fingerprint density at radius 2 is 1.80 bits per heavy atom. The number of carbonyl (C=O) groups excluding carboxylic acids is 1. The van der Waals surface area contributed by atoms with Gasteiger partial charge in [-0.25, -0.2) is 8.78 Å². The van der Waals surface area contributed by atoms with Gasteiger partial charge in [-0.1, -0.05) is 12.8 Å². The topological polar surface area (TPSA) is 66.4 Å². The second kappa shape index (κ2) is 5.98. The molecule has 0 bridgehead atoms. The van der Waals surface area contributed by atoms with Gasteiger partial charge in [-0.2, -0.15) is 0 Å². The van der Waals surface area contributed by atoms with Gasteiger partial charge in [-0.15, -0.1) is 0 Å². The normalized spacial score (nSPS) is 22.3. The van der Waals surface area contributed by atoms with Crippen molar-refractivity contribution in [3.63, 3.8) is 0 Å². The Labute approximate surface area is 114 Å². The van der Waals surface area contributed by atoms with Crippen LogP contribution in [-0.2, 0) is 9.59 Å². The van der Waals surface area contributed by atoms with Crippen LogP contribution in [0.2, 0.25) is 0 Å². The van der Waals surface area contributed by atoms with Gasteiger partial charge in [-0.05, 0) is 25.0 Å². The van der Waals surface area contributed by atoms with Crippen LogP contribution in [0.1, 0.15) is 25.7 Å². The summed E-state index contributed by atoms with van der Waals surface area (Å²) >= 11 is 0. The van der Waals surface area contributed by atoms with Gasteiger partial charge in [-0.3, -0.25) is 9.59 Å². The third kappa shape index (κ3) is 3.12. The maximum absolute atomic E-state index is 13.5. The van der Waals surface area contributed by atoms with Crippen LogP contribution in [0, 0.1) is 23.5 Å². The highest BCUT2D eigenvalue weighted by Gasteiger charge is 2.35. The number of carbonyl (C=O) groups is 2. The summed E-state index contributed by atoms with van der Waals surface area (Å²) in [6, 6.07) is 2.83. The molecule has 4 nitrogen and oxygen atoms in total. The van der Waals surface area contributed by atoms with Gasteiger partial charge in [0.05, 0.1) is 17.5 Å². The molecule has 2 atom stereocenters. The second-order valence-electron chi connectivity index (χ2n) is 4.95. The van der Waals surface area contributed by atoms with Crippen molar-refractivity contribution in [1.29, 1.82) is 0 Å². The molecule has 0 aliphatic heterocycles. The quantitative estimate of drug-likeness (QED) is 0.896. The van der Waals surface area contributed by atoms with Crippen LogP contribution < -0.4 is 5.32 Å². The highest BCUT2D eigenvalue weighted by molar-refractivity contribution is 5.95. The molecule has 1 aromatic carbocycles. The molecule has 108 valence electrons. The van der Waals surface area contributed by atoms with Crippen LogP contribution in [0.3, 0.4) is 0 Å². The largest absolute Gasteiger partial charge is 0.481 e. The second-order valence-corrected chi connectivity index (χ2v) is 4.95. The summed E-state index contributed by atoms with van der Waals surface area (Å²) in [5.74, 6) is -4.56. The van der Waals surface area contributed by atoms with Crippen molar-refractivity contribution >= 4 is 17.6 Å². The van der Waals surface area contributed by atoms with E-state index in [1.807, 2.05) is 0 Å². The Morgan fingerprint density at radius 1 is 1.15 bits per heavy atom. The van der Waals surface area contributed by atoms with Crippen molar-refractivity contribution in [1.82, 2.24) is 0 Å². The molecule has 2 N–H and O–H groups in total. The van der Waals surface area contributed by atoms with E-state index in [-0.39, 0.29) is 5.69 Å². The van der Waals surface area contributed by atoms with Gasteiger partial charge >= 0.3 is 5.97 Å². The minimum atomic E-state index is -1.01. The number of halogens is 2. The third-order valence-corrected chi connectivity index (χ3v) is 3.61. The summed E-state index contributed by atoms with van der Waals surface area (Å²) in [5.41, 5.74) is -0.133. The summed E-state index contributed by atoms with van der Waals surface area (Å²) in [4.78, 5) is 23.2. The number of hydrogen-bond acceptors (Lipinski definition) is 2. The SMILES string of the molecule is O=C(O)[C@H]1CCCC[C@H]1C(=O)Nc1ccc(F)cc1F. The highest BCUT2D eigenvalue weighted by Crippen LogP contribution is 2.31. The van der Waals surface area contributed by atoms with Crippen LogP contribution in [0.4, 0.5) is 14.5 Å². The summed E-state index contributed by atoms with van der Waals surface area (Å²) < 4.78 is 26.2. The molecule has 1 saturated carbocycles. The Balaban J connectivity index is 2.12. The van der Waals surface area contributed by atoms with Crippen LogP contribution in [0.25, 0.3) is 0 Å². The summed E-state index contributed by atoms with van der Waals surface area (Å²) in [7, 11) is 0. The number of amides is 1. The van der Waals surface area contributed by atoms with Gasteiger partial charge in [0.2, 0.25) is 5.91 Å². The van der Waals surface area contributed by atoms with E-state index in [1.165, 1.54) is 0 Å². The standard InChI is InChI=1S/C14H15F2NO3/c15-8-5-6-12(11(16)7-8)17-13(18)9-3-1-2-4-10(9)14(19)20/h5-7,9-10H,1-4H2,(H,17,18)(H,19,20)/t9-,10+/m1/s1. The van der Waals surface area contributed by atoms with E-state index < -0.39 is 35.3 Å². The maximum Gasteiger partial charge on any atom is 0.307 e. The average Bonchev–Trinajstić information content (AvgIpc) is 2.41. The number of aliphatic carboxylic acids is 1. The fraction of sp³-hybridized carbons (Fsp3) is 0.429. The minimum absolute atomic E-state index is 0.133. The van der Waals surface area contributed by atoms with Crippen molar-refractivity contribution in [2.45, 2.75) is 25.7 Å². The predicted molar refractivity (Wildman–Crippen MR) is 68.1 cm³/mol. The first-order valence-electron chi connectivity index (χ1n) is 6.48. The molecule has 0 heterocycles. The van der Waals surface area contributed by atoms with E-state index in [0.29, 0.717) is 18.9 Å². The van der Waals surface area contributed by atoms with Crippen LogP contribution in [0.15, 0.2) is 18.2 Å². The molecular weight excluding hydrogens is 268 g/mol. The van der Waals surface area contributed by atoms with Crippen LogP contribution in [0.5, 0.6) is 0 Å². The van der Waals surface area contributed by atoms with E-state index in [4.69, 9.17) is 5.11 Å². The van der Waals surface area contributed by atoms with Crippen molar-refractivity contribution in [3.8, 4) is 0 Å². The minimum Gasteiger partial charge on any atom is -0.481 e. The first kappa shape index (κ1) is 14.4. The van der Waals surface area contributed by atoms with Gasteiger partial charge in [0, 0.05) is 6.07 Å². The Hall–Kier alpha value is -1.98. The smallest absolute Gasteiger partial charge is 0.307 e. The molecular formula is C14H15F2NO3. The molecule has 0 spiro atoms. The molecule has 1 amide bonds. The molecule has 1 fully saturated rings. The fourth-order valence-electron chi connectivity index (χ4n) is 2.56. The Kier molecular flexibility index (Phi) is 4.32. The number of nitrogens with one attached hydrogen (secondary N) is 1. The number of carboxylic acids is 1. The van der Waals surface area contributed by atoms with Gasteiger partial charge in [0.25, 0.3) is 0 Å². The molecule has 1 aromatic rings. The van der Waals surface area contributed by atoms with Gasteiger partial charge < -0.3 is 10.4 Å². The van der Waals surface area contributed by atoms with E-state index >= 15 is 0 Å². The Morgan fingerprint density at radius 3 is 2.40 bits per heavy atom. The molecule has 0 saturated heterocycles. The fourth-order valence-corrected chi connectivity index (χ4v) is 2.56. The van der Waals surface area contributed by atoms with E-state index in [2.05, 4.69) is 5.32 Å². The number of benzene rings is 1. The van der Waals surface area contributed by atoms with Crippen molar-refractivity contribution in [2.24, 2.45) is 11.8 Å². The van der Waals surface area contributed by atoms with Crippen molar-refractivity contribution < 1.29 is 23.5 Å². The molecule has 6 heteroatoms. The average molecular weight is 283 g/mol. The summed E-state index contributed by atoms with van der Waals surface area (Å²) in [5, 5.41) is 11.5. The highest BCUT2D eigenvalue weighted by atomic mass is 19.1. The third-order valence-electron chi connectivity index (χ3n) is 3.61. The lowest BCUT2D eigenvalue weighted by Crippen LogP contribution is -2.36. The maximum atomic E-state index is 13.5. The molecule has 0 radical (unpaired) electrons. The molecule has 20 heavy (non-hydrogen) atoms. The first-order valence-corrected chi connectivity index (χ1v) is 6.48. The first-order chi connectivity index (χ1) is 9.49.